The summed E-state index contributed by atoms with van der Waals surface area (Å²) in [6.45, 7) is 1.00. The molecule has 132 valence electrons. The second-order valence-electron chi connectivity index (χ2n) is 6.10. The van der Waals surface area contributed by atoms with E-state index >= 15 is 0 Å². The van der Waals surface area contributed by atoms with Gasteiger partial charge in [0.05, 0.1) is 11.0 Å². The van der Waals surface area contributed by atoms with Crippen molar-refractivity contribution >= 4 is 23.2 Å². The Balaban J connectivity index is 1.60. The highest BCUT2D eigenvalue weighted by molar-refractivity contribution is 7.15. The van der Waals surface area contributed by atoms with Crippen LogP contribution in [0.25, 0.3) is 0 Å². The summed E-state index contributed by atoms with van der Waals surface area (Å²) >= 11 is 0.972. The third-order valence-electron chi connectivity index (χ3n) is 4.51. The van der Waals surface area contributed by atoms with Gasteiger partial charge in [0.2, 0.25) is 0 Å². The van der Waals surface area contributed by atoms with Gasteiger partial charge in [0.15, 0.2) is 0 Å². The van der Waals surface area contributed by atoms with Crippen molar-refractivity contribution in [1.82, 2.24) is 4.90 Å². The molecule has 2 N–H and O–H groups in total. The number of halogens is 1. The molecule has 2 heterocycles. The van der Waals surface area contributed by atoms with E-state index in [9.17, 15) is 19.1 Å². The zero-order valence-corrected chi connectivity index (χ0v) is 14.2. The molecule has 0 bridgehead atoms. The normalized spacial score (nSPS) is 16.6. The number of piperidine rings is 1. The summed E-state index contributed by atoms with van der Waals surface area (Å²) < 4.78 is 13.0. The minimum atomic E-state index is -1.04. The molecular formula is C18H18FNO4S. The van der Waals surface area contributed by atoms with Gasteiger partial charge in [0.1, 0.15) is 10.7 Å². The van der Waals surface area contributed by atoms with Gasteiger partial charge in [0.25, 0.3) is 5.91 Å². The maximum absolute atomic E-state index is 13.0. The maximum atomic E-state index is 13.0. The van der Waals surface area contributed by atoms with Crippen LogP contribution in [0.4, 0.5) is 4.39 Å². The molecule has 1 aromatic heterocycles. The van der Waals surface area contributed by atoms with Gasteiger partial charge in [-0.05, 0) is 48.6 Å². The lowest BCUT2D eigenvalue weighted by atomic mass is 9.87. The molecule has 2 aromatic rings. The Morgan fingerprint density at radius 2 is 1.68 bits per heavy atom. The highest BCUT2D eigenvalue weighted by Crippen LogP contribution is 2.31. The van der Waals surface area contributed by atoms with Crippen molar-refractivity contribution in [2.75, 3.05) is 13.1 Å². The molecule has 1 atom stereocenters. The van der Waals surface area contributed by atoms with Gasteiger partial charge in [-0.1, -0.05) is 12.1 Å². The highest BCUT2D eigenvalue weighted by atomic mass is 32.1. The number of benzene rings is 1. The van der Waals surface area contributed by atoms with Gasteiger partial charge in [-0.15, -0.1) is 11.3 Å². The van der Waals surface area contributed by atoms with Gasteiger partial charge in [-0.3, -0.25) is 4.79 Å². The lowest BCUT2D eigenvalue weighted by molar-refractivity contribution is 0.0465. The van der Waals surface area contributed by atoms with E-state index in [2.05, 4.69) is 0 Å². The molecular weight excluding hydrogens is 345 g/mol. The average molecular weight is 363 g/mol. The number of carboxylic acid groups (broad SMARTS) is 1. The molecule has 0 radical (unpaired) electrons. The van der Waals surface area contributed by atoms with E-state index in [4.69, 9.17) is 5.11 Å². The SMILES string of the molecule is O=C(O)c1ccc(C(=O)N2CCC([C@H](O)c3ccc(F)cc3)CC2)s1. The molecule has 1 fully saturated rings. The molecule has 0 aliphatic carbocycles. The molecule has 1 aliphatic rings. The summed E-state index contributed by atoms with van der Waals surface area (Å²) in [4.78, 5) is 25.6. The molecule has 0 unspecified atom stereocenters. The van der Waals surface area contributed by atoms with Crippen LogP contribution in [0.15, 0.2) is 36.4 Å². The van der Waals surface area contributed by atoms with Gasteiger partial charge in [-0.25, -0.2) is 9.18 Å². The average Bonchev–Trinajstić information content (AvgIpc) is 3.12. The number of aromatic carboxylic acids is 1. The van der Waals surface area contributed by atoms with Crippen molar-refractivity contribution in [1.29, 1.82) is 0 Å². The number of likely N-dealkylation sites (tertiary alicyclic amines) is 1. The topological polar surface area (TPSA) is 77.8 Å². The summed E-state index contributed by atoms with van der Waals surface area (Å²) in [5.41, 5.74) is 0.676. The van der Waals surface area contributed by atoms with Crippen LogP contribution in [0.2, 0.25) is 0 Å². The molecule has 0 spiro atoms. The number of carbonyl (C=O) groups excluding carboxylic acids is 1. The van der Waals surface area contributed by atoms with Gasteiger partial charge in [-0.2, -0.15) is 0 Å². The summed E-state index contributed by atoms with van der Waals surface area (Å²) in [6, 6.07) is 8.79. The van der Waals surface area contributed by atoms with Crippen molar-refractivity contribution in [2.45, 2.75) is 18.9 Å². The van der Waals surface area contributed by atoms with E-state index in [0.717, 1.165) is 11.3 Å². The number of rotatable bonds is 4. The number of amides is 1. The van der Waals surface area contributed by atoms with Crippen molar-refractivity contribution in [3.05, 3.63) is 57.5 Å². The molecule has 0 saturated carbocycles. The van der Waals surface area contributed by atoms with E-state index in [1.165, 1.54) is 24.3 Å². The number of aliphatic hydroxyl groups is 1. The van der Waals surface area contributed by atoms with E-state index in [1.807, 2.05) is 0 Å². The summed E-state index contributed by atoms with van der Waals surface area (Å²) in [5, 5.41) is 19.4. The van der Waals surface area contributed by atoms with Crippen molar-refractivity contribution < 1.29 is 24.2 Å². The Kier molecular flexibility index (Phi) is 5.15. The molecule has 1 aliphatic heterocycles. The maximum Gasteiger partial charge on any atom is 0.345 e. The van der Waals surface area contributed by atoms with Crippen LogP contribution in [0.3, 0.4) is 0 Å². The molecule has 1 saturated heterocycles. The van der Waals surface area contributed by atoms with Crippen molar-refractivity contribution in [3.8, 4) is 0 Å². The zero-order chi connectivity index (χ0) is 18.0. The van der Waals surface area contributed by atoms with Gasteiger partial charge >= 0.3 is 5.97 Å². The Morgan fingerprint density at radius 1 is 1.08 bits per heavy atom. The quantitative estimate of drug-likeness (QED) is 0.875. The Bertz CT molecular complexity index is 766. The van der Waals surface area contributed by atoms with Gasteiger partial charge < -0.3 is 15.1 Å². The summed E-state index contributed by atoms with van der Waals surface area (Å²) in [6.07, 6.45) is 0.598. The van der Waals surface area contributed by atoms with Crippen LogP contribution >= 0.6 is 11.3 Å². The number of hydrogen-bond donors (Lipinski definition) is 2. The first-order valence-electron chi connectivity index (χ1n) is 8.01. The van der Waals surface area contributed by atoms with Crippen LogP contribution in [-0.4, -0.2) is 40.1 Å². The third-order valence-corrected chi connectivity index (χ3v) is 5.57. The third kappa shape index (κ3) is 3.88. The van der Waals surface area contributed by atoms with E-state index in [-0.39, 0.29) is 22.5 Å². The Labute approximate surface area is 148 Å². The van der Waals surface area contributed by atoms with Crippen LogP contribution in [0.5, 0.6) is 0 Å². The number of thiophene rings is 1. The molecule has 3 rings (SSSR count). The minimum Gasteiger partial charge on any atom is -0.477 e. The number of carbonyl (C=O) groups is 2. The fraction of sp³-hybridized carbons (Fsp3) is 0.333. The number of nitrogens with zero attached hydrogens (tertiary/aromatic N) is 1. The first-order valence-corrected chi connectivity index (χ1v) is 8.83. The van der Waals surface area contributed by atoms with Crippen molar-refractivity contribution in [2.24, 2.45) is 5.92 Å². The molecule has 1 aromatic carbocycles. The second kappa shape index (κ2) is 7.33. The fourth-order valence-electron chi connectivity index (χ4n) is 3.07. The first kappa shape index (κ1) is 17.6. The van der Waals surface area contributed by atoms with Crippen LogP contribution in [0, 0.1) is 11.7 Å². The smallest absolute Gasteiger partial charge is 0.345 e. The molecule has 1 amide bonds. The van der Waals surface area contributed by atoms with Crippen LogP contribution < -0.4 is 0 Å². The number of hydrogen-bond acceptors (Lipinski definition) is 4. The molecule has 25 heavy (non-hydrogen) atoms. The first-order chi connectivity index (χ1) is 12.0. The predicted octanol–water partition coefficient (Wildman–Crippen LogP) is 3.17. The van der Waals surface area contributed by atoms with E-state index < -0.39 is 12.1 Å². The molecule has 5 nitrogen and oxygen atoms in total. The summed E-state index contributed by atoms with van der Waals surface area (Å²) in [7, 11) is 0. The lowest BCUT2D eigenvalue weighted by Crippen LogP contribution is -2.39. The van der Waals surface area contributed by atoms with Crippen LogP contribution in [-0.2, 0) is 0 Å². The van der Waals surface area contributed by atoms with Crippen molar-refractivity contribution in [3.63, 3.8) is 0 Å². The zero-order valence-electron chi connectivity index (χ0n) is 13.4. The monoisotopic (exact) mass is 363 g/mol. The Hall–Kier alpha value is -2.25. The second-order valence-corrected chi connectivity index (χ2v) is 7.18. The number of aliphatic hydroxyl groups excluding tert-OH is 1. The van der Waals surface area contributed by atoms with Crippen LogP contribution in [0.1, 0.15) is 43.9 Å². The lowest BCUT2D eigenvalue weighted by Gasteiger charge is -2.34. The minimum absolute atomic E-state index is 0.00688. The largest absolute Gasteiger partial charge is 0.477 e. The standard InChI is InChI=1S/C18H18FNO4S/c19-13-3-1-11(2-4-13)16(21)12-7-9-20(10-8-12)17(22)14-5-6-15(25-14)18(23)24/h1-6,12,16,21H,7-10H2,(H,23,24)/t16-/m1/s1. The highest BCUT2D eigenvalue weighted by Gasteiger charge is 2.29. The van der Waals surface area contributed by atoms with E-state index in [0.29, 0.717) is 36.4 Å². The number of carboxylic acids is 1. The van der Waals surface area contributed by atoms with Gasteiger partial charge in [0, 0.05) is 13.1 Å². The predicted molar refractivity (Wildman–Crippen MR) is 91.3 cm³/mol. The molecule has 7 heteroatoms. The summed E-state index contributed by atoms with van der Waals surface area (Å²) in [5.74, 6) is -1.54. The fourth-order valence-corrected chi connectivity index (χ4v) is 3.89. The van der Waals surface area contributed by atoms with E-state index in [1.54, 1.807) is 17.0 Å². The Morgan fingerprint density at radius 3 is 2.24 bits per heavy atom.